The third-order valence-corrected chi connectivity index (χ3v) is 11.0. The number of rotatable bonds is 11. The van der Waals surface area contributed by atoms with Gasteiger partial charge in [-0.25, -0.2) is 9.48 Å². The first-order valence-corrected chi connectivity index (χ1v) is 18.7. The third kappa shape index (κ3) is 8.34. The molecular formula is C39H45F3N8O4. The lowest BCUT2D eigenvalue weighted by Gasteiger charge is -2.36. The topological polar surface area (TPSA) is 131 Å². The number of anilines is 2. The molecule has 4 aromatic rings. The lowest BCUT2D eigenvalue weighted by atomic mass is 9.89. The molecule has 0 saturated carbocycles. The van der Waals surface area contributed by atoms with Crippen LogP contribution in [0.2, 0.25) is 0 Å². The second-order valence-corrected chi connectivity index (χ2v) is 14.4. The third-order valence-electron chi connectivity index (χ3n) is 11.0. The number of hydrogen-bond acceptors (Lipinski definition) is 9. The van der Waals surface area contributed by atoms with Crippen LogP contribution < -0.4 is 25.5 Å². The van der Waals surface area contributed by atoms with Crippen molar-refractivity contribution in [3.63, 3.8) is 0 Å². The zero-order valence-electron chi connectivity index (χ0n) is 30.0. The van der Waals surface area contributed by atoms with Crippen molar-refractivity contribution in [1.29, 1.82) is 5.26 Å². The number of fused-ring (bicyclic) bond motifs is 1. The molecule has 2 atom stereocenters. The Morgan fingerprint density at radius 3 is 2.31 bits per heavy atom. The summed E-state index contributed by atoms with van der Waals surface area (Å²) in [4.78, 5) is 31.3. The predicted molar refractivity (Wildman–Crippen MR) is 197 cm³/mol. The van der Waals surface area contributed by atoms with Gasteiger partial charge in [-0.3, -0.25) is 14.1 Å². The minimum absolute atomic E-state index is 0.235. The number of nitriles is 1. The van der Waals surface area contributed by atoms with Crippen molar-refractivity contribution in [3.8, 4) is 11.8 Å². The molecule has 5 heterocycles. The molecule has 15 heteroatoms. The lowest BCUT2D eigenvalue weighted by molar-refractivity contribution is -0.137. The van der Waals surface area contributed by atoms with Crippen LogP contribution in [0.4, 0.5) is 24.5 Å². The summed E-state index contributed by atoms with van der Waals surface area (Å²) in [7, 11) is 0. The molecule has 0 bridgehead atoms. The van der Waals surface area contributed by atoms with Gasteiger partial charge >= 0.3 is 11.9 Å². The molecule has 3 fully saturated rings. The van der Waals surface area contributed by atoms with E-state index in [1.54, 1.807) is 18.3 Å². The molecule has 2 aromatic heterocycles. The van der Waals surface area contributed by atoms with Crippen LogP contribution >= 0.6 is 0 Å². The predicted octanol–water partition coefficient (Wildman–Crippen LogP) is 4.91. The summed E-state index contributed by atoms with van der Waals surface area (Å²) < 4.78 is 49.1. The molecule has 0 aliphatic carbocycles. The fraction of sp³-hybridized carbons (Fsp3) is 0.487. The van der Waals surface area contributed by atoms with E-state index in [0.717, 1.165) is 82.3 Å². The Kier molecular flexibility index (Phi) is 11.1. The maximum atomic E-state index is 13.4. The van der Waals surface area contributed by atoms with Gasteiger partial charge in [-0.1, -0.05) is 12.1 Å². The summed E-state index contributed by atoms with van der Waals surface area (Å²) in [5.41, 5.74) is 1.64. The summed E-state index contributed by atoms with van der Waals surface area (Å²) in [6.45, 7) is 6.58. The summed E-state index contributed by atoms with van der Waals surface area (Å²) in [5.74, 6) is 0.922. The highest BCUT2D eigenvalue weighted by Crippen LogP contribution is 2.37. The fourth-order valence-electron chi connectivity index (χ4n) is 7.82. The molecule has 54 heavy (non-hydrogen) atoms. The number of nitrogens with zero attached hydrogens (tertiary/aromatic N) is 7. The zero-order valence-corrected chi connectivity index (χ0v) is 30.0. The van der Waals surface area contributed by atoms with E-state index in [4.69, 9.17) is 10.00 Å². The van der Waals surface area contributed by atoms with Crippen LogP contribution in [0.25, 0.3) is 5.65 Å². The van der Waals surface area contributed by atoms with E-state index in [2.05, 4.69) is 32.3 Å². The Hall–Kier alpha value is -5.07. The van der Waals surface area contributed by atoms with Gasteiger partial charge in [0.2, 0.25) is 5.91 Å². The maximum absolute atomic E-state index is 13.4. The van der Waals surface area contributed by atoms with Crippen LogP contribution in [0.1, 0.15) is 73.6 Å². The molecule has 3 aliphatic rings. The van der Waals surface area contributed by atoms with Crippen LogP contribution in [0.3, 0.4) is 0 Å². The van der Waals surface area contributed by atoms with Crippen molar-refractivity contribution in [3.05, 3.63) is 88.0 Å². The monoisotopic (exact) mass is 746 g/mol. The average molecular weight is 747 g/mol. The van der Waals surface area contributed by atoms with Crippen molar-refractivity contribution in [2.24, 2.45) is 0 Å². The van der Waals surface area contributed by atoms with Crippen molar-refractivity contribution in [2.45, 2.75) is 69.3 Å². The molecule has 0 spiro atoms. The van der Waals surface area contributed by atoms with Gasteiger partial charge in [0, 0.05) is 69.3 Å². The number of nitrogens with one attached hydrogen (secondary N) is 1. The number of carbonyl (C=O) groups is 1. The van der Waals surface area contributed by atoms with E-state index in [0.29, 0.717) is 43.4 Å². The number of alkyl halides is 3. The standard InChI is InChI=1S/C39H45F3N8O4/c40-39(41,42)33-24-30(7-4-29(33)26-43)47-16-12-28(13-17-47)27-5-8-32(9-6-27)54-23-3-1-2-15-46-19-21-48(22-20-46)31-14-18-49-35(25-31)45-50(38(49)53)34-10-11-36(51)44-37(34)52/h4-9,14,18,24-25,28,34,37,52H,1-3,10-13,15-17,19-23H2,(H,44,51). The van der Waals surface area contributed by atoms with E-state index >= 15 is 0 Å². The normalized spacial score (nSPS) is 20.2. The van der Waals surface area contributed by atoms with Crippen LogP contribution in [0.15, 0.2) is 65.6 Å². The largest absolute Gasteiger partial charge is 0.494 e. The summed E-state index contributed by atoms with van der Waals surface area (Å²) in [6.07, 6.45) is 1.37. The highest BCUT2D eigenvalue weighted by molar-refractivity contribution is 5.77. The first kappa shape index (κ1) is 37.3. The Balaban J connectivity index is 0.794. The molecule has 3 saturated heterocycles. The smallest absolute Gasteiger partial charge is 0.417 e. The molecule has 1 amide bonds. The Morgan fingerprint density at radius 1 is 0.889 bits per heavy atom. The van der Waals surface area contributed by atoms with E-state index in [9.17, 15) is 27.9 Å². The number of piperidine rings is 2. The van der Waals surface area contributed by atoms with Gasteiger partial charge < -0.3 is 25.0 Å². The van der Waals surface area contributed by atoms with Gasteiger partial charge in [-0.05, 0) is 92.9 Å². The molecule has 2 aromatic carbocycles. The number of piperazine rings is 1. The van der Waals surface area contributed by atoms with E-state index < -0.39 is 24.0 Å². The van der Waals surface area contributed by atoms with E-state index in [1.807, 2.05) is 29.2 Å². The summed E-state index contributed by atoms with van der Waals surface area (Å²) in [5, 5.41) is 26.4. The molecule has 2 unspecified atom stereocenters. The van der Waals surface area contributed by atoms with Crippen LogP contribution in [0.5, 0.6) is 5.75 Å². The summed E-state index contributed by atoms with van der Waals surface area (Å²) in [6, 6.07) is 17.0. The minimum atomic E-state index is -4.56. The number of carbonyl (C=O) groups excluding carboxylic acids is 1. The molecule has 3 aliphatic heterocycles. The molecule has 2 N–H and O–H groups in total. The number of pyridine rings is 1. The fourth-order valence-corrected chi connectivity index (χ4v) is 7.82. The molecule has 286 valence electrons. The number of amides is 1. The number of halogens is 3. The van der Waals surface area contributed by atoms with Crippen molar-refractivity contribution in [2.75, 3.05) is 62.2 Å². The molecular weight excluding hydrogens is 701 g/mol. The molecule has 12 nitrogen and oxygen atoms in total. The van der Waals surface area contributed by atoms with Crippen LogP contribution in [-0.4, -0.2) is 88.7 Å². The lowest BCUT2D eigenvalue weighted by Crippen LogP contribution is -2.48. The van der Waals surface area contributed by atoms with Crippen LogP contribution in [-0.2, 0) is 11.0 Å². The second-order valence-electron chi connectivity index (χ2n) is 14.4. The molecule has 7 rings (SSSR count). The van der Waals surface area contributed by atoms with Crippen molar-refractivity contribution < 1.29 is 27.8 Å². The number of aromatic nitrogens is 3. The van der Waals surface area contributed by atoms with Gasteiger partial charge in [0.05, 0.1) is 23.8 Å². The van der Waals surface area contributed by atoms with E-state index in [1.165, 1.54) is 20.7 Å². The minimum Gasteiger partial charge on any atom is -0.494 e. The van der Waals surface area contributed by atoms with E-state index in [-0.39, 0.29) is 23.6 Å². The highest BCUT2D eigenvalue weighted by Gasteiger charge is 2.35. The number of aliphatic hydroxyl groups excluding tert-OH is 1. The zero-order chi connectivity index (χ0) is 37.8. The average Bonchev–Trinajstić information content (AvgIpc) is 3.51. The highest BCUT2D eigenvalue weighted by atomic mass is 19.4. The Morgan fingerprint density at radius 2 is 1.61 bits per heavy atom. The number of ether oxygens (including phenoxy) is 1. The number of benzene rings is 2. The van der Waals surface area contributed by atoms with Gasteiger partial charge in [0.25, 0.3) is 0 Å². The Bertz CT molecular complexity index is 2030. The number of hydrogen-bond donors (Lipinski definition) is 2. The SMILES string of the molecule is N#Cc1ccc(N2CCC(c3ccc(OCCCCCN4CCN(c5ccn6c(=O)n(C7CCC(=O)NC7O)nc6c5)CC4)cc3)CC2)cc1C(F)(F)F. The van der Waals surface area contributed by atoms with Gasteiger partial charge in [0.15, 0.2) is 5.65 Å². The van der Waals surface area contributed by atoms with Crippen LogP contribution in [0, 0.1) is 11.3 Å². The van der Waals surface area contributed by atoms with Gasteiger partial charge in [0.1, 0.15) is 18.0 Å². The number of unbranched alkanes of at least 4 members (excludes halogenated alkanes) is 2. The first-order chi connectivity index (χ1) is 26.1. The second kappa shape index (κ2) is 16.1. The van der Waals surface area contributed by atoms with Crippen molar-refractivity contribution >= 4 is 22.9 Å². The number of aliphatic hydroxyl groups is 1. The van der Waals surface area contributed by atoms with Crippen molar-refractivity contribution in [1.82, 2.24) is 24.4 Å². The first-order valence-electron chi connectivity index (χ1n) is 18.7. The quantitative estimate of drug-likeness (QED) is 0.206. The maximum Gasteiger partial charge on any atom is 0.417 e. The van der Waals surface area contributed by atoms with Gasteiger partial charge in [-0.15, -0.1) is 5.10 Å². The summed E-state index contributed by atoms with van der Waals surface area (Å²) >= 11 is 0. The molecule has 0 radical (unpaired) electrons. The Labute approximate surface area is 311 Å². The van der Waals surface area contributed by atoms with Gasteiger partial charge in [-0.2, -0.15) is 18.4 Å².